The highest BCUT2D eigenvalue weighted by atomic mass is 32.2. The minimum absolute atomic E-state index is 0.125. The number of hydrogen-bond acceptors (Lipinski definition) is 5. The number of rotatable bonds is 6. The van der Waals surface area contributed by atoms with Gasteiger partial charge in [0.2, 0.25) is 0 Å². The minimum Gasteiger partial charge on any atom is -0.381 e. The Morgan fingerprint density at radius 1 is 1.43 bits per heavy atom. The fourth-order valence-corrected chi connectivity index (χ4v) is 4.05. The van der Waals surface area contributed by atoms with Crippen molar-refractivity contribution in [1.82, 2.24) is 10.2 Å². The van der Waals surface area contributed by atoms with E-state index in [0.29, 0.717) is 5.92 Å². The topological polar surface area (TPSA) is 56.1 Å². The van der Waals surface area contributed by atoms with Gasteiger partial charge in [-0.1, -0.05) is 31.7 Å². The quantitative estimate of drug-likeness (QED) is 0.739. The van der Waals surface area contributed by atoms with Crippen LogP contribution in [0.4, 0.5) is 0 Å². The first-order valence-corrected chi connectivity index (χ1v) is 9.39. The predicted molar refractivity (Wildman–Crippen MR) is 101 cm³/mol. The van der Waals surface area contributed by atoms with Crippen LogP contribution >= 0.6 is 23.5 Å². The summed E-state index contributed by atoms with van der Waals surface area (Å²) in [6.07, 6.45) is 4.06. The Morgan fingerprint density at radius 3 is 2.61 bits per heavy atom. The summed E-state index contributed by atoms with van der Waals surface area (Å²) < 4.78 is 0.830. The van der Waals surface area contributed by atoms with Crippen LogP contribution in [0.2, 0.25) is 0 Å². The van der Waals surface area contributed by atoms with Gasteiger partial charge in [-0.25, -0.2) is 0 Å². The number of nitrogens with zero attached hydrogens (tertiary/aromatic N) is 2. The Kier molecular flexibility index (Phi) is 7.80. The zero-order chi connectivity index (χ0) is 17.6. The fourth-order valence-electron chi connectivity index (χ4n) is 1.62. The molecule has 0 aromatic rings. The van der Waals surface area contributed by atoms with Crippen LogP contribution in [0, 0.1) is 17.2 Å². The van der Waals surface area contributed by atoms with Crippen molar-refractivity contribution >= 4 is 29.4 Å². The molecule has 0 aromatic carbocycles. The highest BCUT2D eigenvalue weighted by Gasteiger charge is 2.28. The maximum atomic E-state index is 12.2. The lowest BCUT2D eigenvalue weighted by atomic mass is 10.2. The summed E-state index contributed by atoms with van der Waals surface area (Å²) in [6.45, 7) is 8.29. The van der Waals surface area contributed by atoms with Gasteiger partial charge in [0.05, 0.1) is 4.24 Å². The minimum atomic E-state index is -0.274. The standard InChI is InChI=1S/C17H25N3OS2/c1-11(2)10-22-17-14(9-18)15(21)19-16(23-17)12(3)7-8-13(4)20(5)6/h7-8,11,16H,10H2,1-6H3,(H,19,21)/b12-7+,13-8+/t16-/m1/s1. The van der Waals surface area contributed by atoms with Crippen LogP contribution in [-0.2, 0) is 4.79 Å². The average Bonchev–Trinajstić information content (AvgIpc) is 2.49. The molecular weight excluding hydrogens is 326 g/mol. The van der Waals surface area contributed by atoms with Gasteiger partial charge >= 0.3 is 0 Å². The molecular formula is C17H25N3OS2. The Balaban J connectivity index is 2.95. The Morgan fingerprint density at radius 2 is 2.09 bits per heavy atom. The van der Waals surface area contributed by atoms with Gasteiger partial charge in [-0.2, -0.15) is 5.26 Å². The van der Waals surface area contributed by atoms with Crippen LogP contribution in [0.3, 0.4) is 0 Å². The van der Waals surface area contributed by atoms with Crippen LogP contribution < -0.4 is 5.32 Å². The molecule has 0 bridgehead atoms. The van der Waals surface area contributed by atoms with Crippen molar-refractivity contribution in [2.45, 2.75) is 33.1 Å². The van der Waals surface area contributed by atoms with Gasteiger partial charge in [-0.15, -0.1) is 11.8 Å². The molecule has 6 heteroatoms. The van der Waals surface area contributed by atoms with E-state index in [1.54, 1.807) is 23.5 Å². The molecule has 0 saturated heterocycles. The smallest absolute Gasteiger partial charge is 0.264 e. The molecule has 1 heterocycles. The molecule has 1 amide bonds. The second-order valence-corrected chi connectivity index (χ2v) is 8.47. The van der Waals surface area contributed by atoms with Crippen molar-refractivity contribution in [3.05, 3.63) is 33.2 Å². The van der Waals surface area contributed by atoms with Crippen LogP contribution in [0.1, 0.15) is 27.7 Å². The third-order valence-corrected chi connectivity index (χ3v) is 6.37. The third-order valence-electron chi connectivity index (χ3n) is 3.28. The SMILES string of the molecule is C/C(=C\C=C(/C)N(C)C)[C@@H]1NC(=O)C(C#N)=C(SCC(C)C)S1. The van der Waals surface area contributed by atoms with Gasteiger partial charge in [0.25, 0.3) is 5.91 Å². The van der Waals surface area contributed by atoms with Gasteiger partial charge in [0.1, 0.15) is 17.0 Å². The number of thioether (sulfide) groups is 2. The first-order chi connectivity index (χ1) is 10.8. The average molecular weight is 352 g/mol. The fraction of sp³-hybridized carbons (Fsp3) is 0.529. The highest BCUT2D eigenvalue weighted by Crippen LogP contribution is 2.39. The van der Waals surface area contributed by atoms with E-state index >= 15 is 0 Å². The molecule has 4 nitrogen and oxygen atoms in total. The number of nitrogens with one attached hydrogen (secondary N) is 1. The molecule has 126 valence electrons. The lowest BCUT2D eigenvalue weighted by Crippen LogP contribution is -2.37. The number of nitriles is 1. The third kappa shape index (κ3) is 6.00. The Bertz CT molecular complexity index is 583. The molecule has 0 spiro atoms. The summed E-state index contributed by atoms with van der Waals surface area (Å²) in [7, 11) is 3.99. The van der Waals surface area contributed by atoms with E-state index in [9.17, 15) is 10.1 Å². The van der Waals surface area contributed by atoms with Crippen molar-refractivity contribution in [2.75, 3.05) is 19.8 Å². The lowest BCUT2D eigenvalue weighted by molar-refractivity contribution is -0.117. The summed E-state index contributed by atoms with van der Waals surface area (Å²) in [5, 5.41) is 12.0. The molecule has 1 rings (SSSR count). The largest absolute Gasteiger partial charge is 0.381 e. The molecule has 0 unspecified atom stereocenters. The zero-order valence-electron chi connectivity index (χ0n) is 14.6. The summed E-state index contributed by atoms with van der Waals surface area (Å²) in [4.78, 5) is 14.2. The van der Waals surface area contributed by atoms with E-state index in [4.69, 9.17) is 0 Å². The summed E-state index contributed by atoms with van der Waals surface area (Å²) in [6, 6.07) is 2.04. The van der Waals surface area contributed by atoms with Crippen molar-refractivity contribution in [2.24, 2.45) is 5.92 Å². The lowest BCUT2D eigenvalue weighted by Gasteiger charge is -2.25. The normalized spacial score (nSPS) is 19.7. The molecule has 1 aliphatic rings. The molecule has 0 aromatic heterocycles. The molecule has 23 heavy (non-hydrogen) atoms. The van der Waals surface area contributed by atoms with Crippen LogP contribution in [-0.4, -0.2) is 36.0 Å². The van der Waals surface area contributed by atoms with Crippen molar-refractivity contribution in [3.8, 4) is 6.07 Å². The maximum absolute atomic E-state index is 12.2. The van der Waals surface area contributed by atoms with E-state index < -0.39 is 0 Å². The molecule has 1 N–H and O–H groups in total. The van der Waals surface area contributed by atoms with E-state index in [-0.39, 0.29) is 16.9 Å². The van der Waals surface area contributed by atoms with E-state index in [1.807, 2.05) is 51.1 Å². The molecule has 0 fully saturated rings. The van der Waals surface area contributed by atoms with Gasteiger partial charge in [-0.3, -0.25) is 4.79 Å². The molecule has 0 aliphatic carbocycles. The first-order valence-electron chi connectivity index (χ1n) is 7.53. The van der Waals surface area contributed by atoms with E-state index in [1.165, 1.54) is 0 Å². The van der Waals surface area contributed by atoms with Crippen molar-refractivity contribution in [1.29, 1.82) is 5.26 Å². The maximum Gasteiger partial charge on any atom is 0.264 e. The molecule has 1 atom stereocenters. The molecule has 1 aliphatic heterocycles. The summed E-state index contributed by atoms with van der Waals surface area (Å²) in [5.74, 6) is 1.14. The van der Waals surface area contributed by atoms with Gasteiger partial charge in [0, 0.05) is 25.5 Å². The summed E-state index contributed by atoms with van der Waals surface area (Å²) >= 11 is 3.16. The number of carbonyl (C=O) groups is 1. The first kappa shape index (κ1) is 19.7. The Hall–Kier alpha value is -1.32. The van der Waals surface area contributed by atoms with Crippen LogP contribution in [0.25, 0.3) is 0 Å². The van der Waals surface area contributed by atoms with Crippen LogP contribution in [0.15, 0.2) is 33.2 Å². The van der Waals surface area contributed by atoms with Gasteiger partial charge < -0.3 is 10.2 Å². The van der Waals surface area contributed by atoms with Crippen molar-refractivity contribution in [3.63, 3.8) is 0 Å². The monoisotopic (exact) mass is 351 g/mol. The van der Waals surface area contributed by atoms with Gasteiger partial charge in [-0.05, 0) is 31.4 Å². The molecule has 0 radical (unpaired) electrons. The van der Waals surface area contributed by atoms with E-state index in [2.05, 4.69) is 19.2 Å². The second-order valence-electron chi connectivity index (χ2n) is 6.06. The predicted octanol–water partition coefficient (Wildman–Crippen LogP) is 3.71. The second kappa shape index (κ2) is 9.09. The summed E-state index contributed by atoms with van der Waals surface area (Å²) in [5.41, 5.74) is 2.44. The number of carbonyl (C=O) groups excluding carboxylic acids is 1. The van der Waals surface area contributed by atoms with Crippen LogP contribution in [0.5, 0.6) is 0 Å². The molecule has 0 saturated carbocycles. The highest BCUT2D eigenvalue weighted by molar-refractivity contribution is 8.22. The number of hydrogen-bond donors (Lipinski definition) is 1. The zero-order valence-corrected chi connectivity index (χ0v) is 16.3. The Labute approximate surface area is 148 Å². The number of allylic oxidation sites excluding steroid dienone is 3. The number of amides is 1. The van der Waals surface area contributed by atoms with Crippen molar-refractivity contribution < 1.29 is 4.79 Å². The van der Waals surface area contributed by atoms with Gasteiger partial charge in [0.15, 0.2) is 0 Å². The van der Waals surface area contributed by atoms with E-state index in [0.717, 1.165) is 21.3 Å².